The third-order valence-electron chi connectivity index (χ3n) is 8.80. The molecule has 1 aliphatic rings. The summed E-state index contributed by atoms with van der Waals surface area (Å²) < 4.78 is 23.1. The lowest BCUT2D eigenvalue weighted by atomic mass is 9.80. The number of ether oxygens (including phenoxy) is 4. The van der Waals surface area contributed by atoms with E-state index in [1.807, 2.05) is 66.7 Å². The molecular weight excluding hydrogens is 652 g/mol. The van der Waals surface area contributed by atoms with Crippen molar-refractivity contribution in [1.82, 2.24) is 10.2 Å². The van der Waals surface area contributed by atoms with E-state index >= 15 is 0 Å². The summed E-state index contributed by atoms with van der Waals surface area (Å²) in [6, 6.07) is 29.1. The number of hydrogen-bond acceptors (Lipinski definition) is 8. The molecule has 1 atom stereocenters. The number of alkyl carbamates (subject to hydrolysis) is 1. The first kappa shape index (κ1) is 36.6. The molecule has 0 bridgehead atoms. The summed E-state index contributed by atoms with van der Waals surface area (Å²) in [6.45, 7) is 2.25. The lowest BCUT2D eigenvalue weighted by Gasteiger charge is -2.36. The van der Waals surface area contributed by atoms with Crippen LogP contribution in [0.25, 0.3) is 0 Å². The van der Waals surface area contributed by atoms with Gasteiger partial charge in [-0.2, -0.15) is 0 Å². The summed E-state index contributed by atoms with van der Waals surface area (Å²) in [5.74, 6) is -0.824. The number of unbranched alkanes of at least 4 members (excludes halogenated alkanes) is 3. The van der Waals surface area contributed by atoms with Crippen molar-refractivity contribution in [1.29, 1.82) is 0 Å². The predicted molar refractivity (Wildman–Crippen MR) is 189 cm³/mol. The molecule has 0 saturated carbocycles. The zero-order chi connectivity index (χ0) is 36.4. The summed E-state index contributed by atoms with van der Waals surface area (Å²) in [5, 5.41) is 11.9. The number of rotatable bonds is 17. The SMILES string of the molecule is COc1ccc(C(OCCCCCCOC(=O)N[C@@H](C)CN2C(=O)c3ccc(C(=O)O)cc3C2=O)(c2ccccc2)c2ccc(OC)cc2)cc1. The van der Waals surface area contributed by atoms with E-state index in [1.54, 1.807) is 21.1 Å². The van der Waals surface area contributed by atoms with E-state index in [0.717, 1.165) is 52.4 Å². The van der Waals surface area contributed by atoms with Gasteiger partial charge in [0.1, 0.15) is 17.1 Å². The standard InChI is InChI=1S/C40H42N2O9/c1-27(26-42-36(43)34-22-13-28(38(45)46)25-35(34)37(42)44)41-39(47)50-23-9-4-5-10-24-51-40(29-11-7-6-8-12-29,30-14-18-32(48-2)19-15-30)31-16-20-33(49-3)21-17-31/h6-8,11-22,25,27H,4-5,9-10,23-24,26H2,1-3H3,(H,41,47)(H,45,46)/t27-/m0/s1. The van der Waals surface area contributed by atoms with Crippen molar-refractivity contribution in [3.63, 3.8) is 0 Å². The van der Waals surface area contributed by atoms with Crippen LogP contribution < -0.4 is 14.8 Å². The number of fused-ring (bicyclic) bond motifs is 1. The van der Waals surface area contributed by atoms with Gasteiger partial charge in [-0.15, -0.1) is 0 Å². The molecule has 0 spiro atoms. The number of carboxylic acids is 1. The molecule has 51 heavy (non-hydrogen) atoms. The van der Waals surface area contributed by atoms with Crippen LogP contribution in [0.5, 0.6) is 11.5 Å². The zero-order valence-electron chi connectivity index (χ0n) is 28.9. The minimum absolute atomic E-state index is 0.0345. The van der Waals surface area contributed by atoms with Gasteiger partial charge in [-0.3, -0.25) is 14.5 Å². The van der Waals surface area contributed by atoms with Crippen LogP contribution in [0.15, 0.2) is 97.1 Å². The van der Waals surface area contributed by atoms with Crippen molar-refractivity contribution < 1.29 is 43.2 Å². The third-order valence-corrected chi connectivity index (χ3v) is 8.80. The molecule has 3 amide bonds. The number of carboxylic acid groups (broad SMARTS) is 1. The van der Waals surface area contributed by atoms with Crippen LogP contribution >= 0.6 is 0 Å². The first-order valence-corrected chi connectivity index (χ1v) is 16.8. The van der Waals surface area contributed by atoms with Gasteiger partial charge in [0.25, 0.3) is 11.8 Å². The highest BCUT2D eigenvalue weighted by Crippen LogP contribution is 2.42. The smallest absolute Gasteiger partial charge is 0.407 e. The number of benzene rings is 4. The molecule has 1 heterocycles. The van der Waals surface area contributed by atoms with Gasteiger partial charge in [0.05, 0.1) is 37.5 Å². The van der Waals surface area contributed by atoms with Crippen molar-refractivity contribution in [2.45, 2.75) is 44.2 Å². The molecule has 0 unspecified atom stereocenters. The number of aromatic carboxylic acids is 1. The number of nitrogens with one attached hydrogen (secondary N) is 1. The fourth-order valence-corrected chi connectivity index (χ4v) is 6.17. The zero-order valence-corrected chi connectivity index (χ0v) is 28.9. The number of amides is 3. The number of carbonyl (C=O) groups is 4. The molecule has 5 rings (SSSR count). The lowest BCUT2D eigenvalue weighted by molar-refractivity contribution is 0.0104. The maximum absolute atomic E-state index is 12.8. The molecule has 11 nitrogen and oxygen atoms in total. The Morgan fingerprint density at radius 2 is 1.27 bits per heavy atom. The number of imide groups is 1. The fourth-order valence-electron chi connectivity index (χ4n) is 6.17. The van der Waals surface area contributed by atoms with Crippen molar-refractivity contribution in [3.8, 4) is 11.5 Å². The highest BCUT2D eigenvalue weighted by atomic mass is 16.5. The number of methoxy groups -OCH3 is 2. The summed E-state index contributed by atoms with van der Waals surface area (Å²) >= 11 is 0. The molecule has 0 fully saturated rings. The molecule has 11 heteroatoms. The van der Waals surface area contributed by atoms with E-state index in [1.165, 1.54) is 18.2 Å². The average molecular weight is 695 g/mol. The van der Waals surface area contributed by atoms with Crippen LogP contribution in [0.3, 0.4) is 0 Å². The van der Waals surface area contributed by atoms with Gasteiger partial charge in [0, 0.05) is 19.2 Å². The van der Waals surface area contributed by atoms with E-state index < -0.39 is 35.5 Å². The Bertz CT molecular complexity index is 1780. The van der Waals surface area contributed by atoms with Crippen LogP contribution in [0.1, 0.15) is 80.4 Å². The molecule has 1 aliphatic heterocycles. The first-order chi connectivity index (χ1) is 24.7. The van der Waals surface area contributed by atoms with Gasteiger partial charge in [-0.25, -0.2) is 9.59 Å². The summed E-state index contributed by atoms with van der Waals surface area (Å²) in [5.41, 5.74) is 2.12. The minimum atomic E-state index is -1.19. The van der Waals surface area contributed by atoms with Crippen LogP contribution in [0.4, 0.5) is 4.79 Å². The van der Waals surface area contributed by atoms with Gasteiger partial charge in [-0.1, -0.05) is 61.0 Å². The van der Waals surface area contributed by atoms with Gasteiger partial charge in [-0.05, 0) is 85.3 Å². The molecule has 0 aliphatic carbocycles. The molecule has 2 N–H and O–H groups in total. The quantitative estimate of drug-likeness (QED) is 0.0704. The second-order valence-corrected chi connectivity index (χ2v) is 12.2. The Kier molecular flexibility index (Phi) is 12.1. The molecule has 0 radical (unpaired) electrons. The van der Waals surface area contributed by atoms with E-state index in [2.05, 4.69) is 17.4 Å². The maximum atomic E-state index is 12.8. The Hall–Kier alpha value is -5.68. The van der Waals surface area contributed by atoms with Crippen LogP contribution in [-0.4, -0.2) is 73.9 Å². The van der Waals surface area contributed by atoms with Crippen molar-refractivity contribution >= 4 is 23.9 Å². The Morgan fingerprint density at radius 3 is 1.84 bits per heavy atom. The first-order valence-electron chi connectivity index (χ1n) is 16.8. The fraction of sp³-hybridized carbons (Fsp3) is 0.300. The van der Waals surface area contributed by atoms with Crippen LogP contribution in [0.2, 0.25) is 0 Å². The minimum Gasteiger partial charge on any atom is -0.497 e. The van der Waals surface area contributed by atoms with Gasteiger partial charge in [0.2, 0.25) is 0 Å². The summed E-state index contributed by atoms with van der Waals surface area (Å²) in [4.78, 5) is 50.2. The second kappa shape index (κ2) is 16.8. The molecule has 0 aromatic heterocycles. The topological polar surface area (TPSA) is 141 Å². The Labute approximate surface area is 297 Å². The van der Waals surface area contributed by atoms with Crippen LogP contribution in [0, 0.1) is 0 Å². The number of carbonyl (C=O) groups excluding carboxylic acids is 3. The van der Waals surface area contributed by atoms with Crippen LogP contribution in [-0.2, 0) is 15.1 Å². The Morgan fingerprint density at radius 1 is 0.725 bits per heavy atom. The normalized spacial score (nSPS) is 13.0. The van der Waals surface area contributed by atoms with E-state index in [4.69, 9.17) is 18.9 Å². The largest absolute Gasteiger partial charge is 0.497 e. The molecular formula is C40H42N2O9. The predicted octanol–water partition coefficient (Wildman–Crippen LogP) is 6.68. The molecule has 4 aromatic carbocycles. The van der Waals surface area contributed by atoms with E-state index in [-0.39, 0.29) is 29.8 Å². The molecule has 0 saturated heterocycles. The molecule has 4 aromatic rings. The second-order valence-electron chi connectivity index (χ2n) is 12.2. The van der Waals surface area contributed by atoms with E-state index in [0.29, 0.717) is 13.0 Å². The average Bonchev–Trinajstić information content (AvgIpc) is 3.38. The number of hydrogen-bond donors (Lipinski definition) is 2. The lowest BCUT2D eigenvalue weighted by Crippen LogP contribution is -2.44. The van der Waals surface area contributed by atoms with Crippen molar-refractivity contribution in [2.75, 3.05) is 34.0 Å². The maximum Gasteiger partial charge on any atom is 0.407 e. The summed E-state index contributed by atoms with van der Waals surface area (Å²) in [7, 11) is 3.28. The van der Waals surface area contributed by atoms with E-state index in [9.17, 15) is 24.3 Å². The highest BCUT2D eigenvalue weighted by molar-refractivity contribution is 6.22. The monoisotopic (exact) mass is 694 g/mol. The number of nitrogens with zero attached hydrogens (tertiary/aromatic N) is 1. The van der Waals surface area contributed by atoms with Gasteiger partial charge < -0.3 is 29.4 Å². The van der Waals surface area contributed by atoms with Gasteiger partial charge in [0.15, 0.2) is 0 Å². The third kappa shape index (κ3) is 8.38. The van der Waals surface area contributed by atoms with Crippen molar-refractivity contribution in [2.24, 2.45) is 0 Å². The van der Waals surface area contributed by atoms with Gasteiger partial charge >= 0.3 is 12.1 Å². The summed E-state index contributed by atoms with van der Waals surface area (Å²) in [6.07, 6.45) is 2.43. The molecule has 266 valence electrons. The Balaban J connectivity index is 1.11. The highest BCUT2D eigenvalue weighted by Gasteiger charge is 2.38. The van der Waals surface area contributed by atoms with Crippen molar-refractivity contribution in [3.05, 3.63) is 130 Å².